The number of para-hydroxylation sites is 2. The van der Waals surface area contributed by atoms with Gasteiger partial charge in [-0.3, -0.25) is 0 Å². The van der Waals surface area contributed by atoms with Crippen LogP contribution in [0.3, 0.4) is 0 Å². The minimum atomic E-state index is -0.0621. The molecule has 0 saturated heterocycles. The zero-order valence-electron chi connectivity index (χ0n) is 35.4. The molecule has 0 N–H and O–H groups in total. The fourth-order valence-corrected chi connectivity index (χ4v) is 10.8. The molecular formula is C58H45N3. The molecule has 13 aromatic rings. The van der Waals surface area contributed by atoms with Crippen LogP contribution in [-0.4, -0.2) is 8.80 Å². The molecule has 292 valence electrons. The predicted molar refractivity (Wildman–Crippen MR) is 263 cm³/mol. The number of nitrogens with zero attached hydrogens (tertiary/aromatic N) is 3. The Morgan fingerprint density at radius 3 is 1.39 bits per heavy atom. The van der Waals surface area contributed by atoms with E-state index in [1.807, 2.05) is 0 Å². The summed E-state index contributed by atoms with van der Waals surface area (Å²) in [5.41, 5.74) is 13.7. The Hall–Kier alpha value is -7.10. The highest BCUT2D eigenvalue weighted by Gasteiger charge is 2.29. The highest BCUT2D eigenvalue weighted by Crippen LogP contribution is 2.51. The maximum Gasteiger partial charge on any atom is 0.0789 e. The summed E-state index contributed by atoms with van der Waals surface area (Å²) in [4.78, 5) is 2.46. The number of aromatic nitrogens is 2. The first-order valence-corrected chi connectivity index (χ1v) is 21.7. The second kappa shape index (κ2) is 11.8. The van der Waals surface area contributed by atoms with Gasteiger partial charge in [0.25, 0.3) is 0 Å². The van der Waals surface area contributed by atoms with Crippen molar-refractivity contribution < 1.29 is 0 Å². The number of fused-ring (bicyclic) bond motifs is 16. The first kappa shape index (κ1) is 34.7. The molecule has 3 heteroatoms. The van der Waals surface area contributed by atoms with E-state index in [9.17, 15) is 0 Å². The van der Waals surface area contributed by atoms with Crippen LogP contribution >= 0.6 is 0 Å². The molecule has 0 amide bonds. The standard InChI is InChI=1S/C58H45N3/c1-57(2,3)36-28-45-42-26-25-34-17-13-16-24-41(34)53(42)60-49-32-44-47-30-37(58(4,5)6)31-48-52-40-23-15-14-18-35(40)27-51(59(38-19-9-7-10-20-38)39-21-11-8-12-22-39)56(52)61(55(47)48)50(44)33-43(49)46(29-36)54(45)60/h7-33H,1-6H3. The molecule has 9 aromatic carbocycles. The average molecular weight is 784 g/mol. The molecule has 3 nitrogen and oxygen atoms in total. The Morgan fingerprint density at radius 1 is 0.344 bits per heavy atom. The summed E-state index contributed by atoms with van der Waals surface area (Å²) in [7, 11) is 0. The van der Waals surface area contributed by atoms with Crippen LogP contribution in [0.1, 0.15) is 52.7 Å². The van der Waals surface area contributed by atoms with E-state index >= 15 is 0 Å². The summed E-state index contributed by atoms with van der Waals surface area (Å²) < 4.78 is 5.24. The quantitative estimate of drug-likeness (QED) is 0.174. The Kier molecular flexibility index (Phi) is 6.72. The van der Waals surface area contributed by atoms with Gasteiger partial charge in [0.2, 0.25) is 0 Å². The first-order chi connectivity index (χ1) is 29.5. The van der Waals surface area contributed by atoms with E-state index in [2.05, 4.69) is 219 Å². The minimum absolute atomic E-state index is 0.0217. The molecule has 0 unspecified atom stereocenters. The maximum atomic E-state index is 2.63. The molecular weight excluding hydrogens is 739 g/mol. The van der Waals surface area contributed by atoms with Gasteiger partial charge in [0.05, 0.1) is 38.8 Å². The van der Waals surface area contributed by atoms with Gasteiger partial charge in [-0.05, 0) is 105 Å². The van der Waals surface area contributed by atoms with Gasteiger partial charge in [0.15, 0.2) is 0 Å². The second-order valence-corrected chi connectivity index (χ2v) is 19.4. The van der Waals surface area contributed by atoms with Gasteiger partial charge in [-0.2, -0.15) is 0 Å². The Labute approximate surface area is 354 Å². The van der Waals surface area contributed by atoms with Crippen LogP contribution < -0.4 is 4.90 Å². The van der Waals surface area contributed by atoms with Crippen molar-refractivity contribution >= 4 is 115 Å². The number of anilines is 3. The molecule has 0 atom stereocenters. The molecule has 0 fully saturated rings. The first-order valence-electron chi connectivity index (χ1n) is 21.7. The van der Waals surface area contributed by atoms with Crippen LogP contribution in [0.5, 0.6) is 0 Å². The number of hydrogen-bond acceptors (Lipinski definition) is 1. The van der Waals surface area contributed by atoms with Gasteiger partial charge in [-0.1, -0.05) is 139 Å². The molecule has 0 bridgehead atoms. The van der Waals surface area contributed by atoms with E-state index in [1.54, 1.807) is 0 Å². The lowest BCUT2D eigenvalue weighted by Gasteiger charge is -2.27. The summed E-state index contributed by atoms with van der Waals surface area (Å²) in [6, 6.07) is 61.8. The van der Waals surface area contributed by atoms with Crippen LogP contribution in [0.15, 0.2) is 164 Å². The van der Waals surface area contributed by atoms with Crippen LogP contribution in [0, 0.1) is 0 Å². The third-order valence-electron chi connectivity index (χ3n) is 13.8. The lowest BCUT2D eigenvalue weighted by molar-refractivity contribution is 0.591. The fourth-order valence-electron chi connectivity index (χ4n) is 10.8. The van der Waals surface area contributed by atoms with Crippen molar-refractivity contribution in [3.8, 4) is 0 Å². The Bertz CT molecular complexity index is 3890. The van der Waals surface area contributed by atoms with Crippen molar-refractivity contribution in [1.82, 2.24) is 8.80 Å². The fraction of sp³-hybridized carbons (Fsp3) is 0.138. The van der Waals surface area contributed by atoms with Crippen molar-refractivity contribution in [3.05, 3.63) is 175 Å². The zero-order chi connectivity index (χ0) is 41.1. The van der Waals surface area contributed by atoms with E-state index in [0.29, 0.717) is 0 Å². The molecule has 0 spiro atoms. The summed E-state index contributed by atoms with van der Waals surface area (Å²) in [6.07, 6.45) is 0. The Balaban J connectivity index is 1.29. The summed E-state index contributed by atoms with van der Waals surface area (Å²) in [6.45, 7) is 14.1. The topological polar surface area (TPSA) is 12.1 Å². The molecule has 0 aliphatic rings. The van der Waals surface area contributed by atoms with Crippen LogP contribution in [-0.2, 0) is 10.8 Å². The van der Waals surface area contributed by atoms with Crippen molar-refractivity contribution in [2.75, 3.05) is 4.90 Å². The normalized spacial score (nSPS) is 13.1. The Morgan fingerprint density at radius 2 is 0.803 bits per heavy atom. The van der Waals surface area contributed by atoms with E-state index in [1.165, 1.54) is 115 Å². The lowest BCUT2D eigenvalue weighted by Crippen LogP contribution is -2.11. The molecule has 13 rings (SSSR count). The summed E-state index contributed by atoms with van der Waals surface area (Å²) in [5, 5.41) is 15.5. The number of hydrogen-bond donors (Lipinski definition) is 0. The highest BCUT2D eigenvalue weighted by molar-refractivity contribution is 6.34. The van der Waals surface area contributed by atoms with E-state index < -0.39 is 0 Å². The average Bonchev–Trinajstić information content (AvgIpc) is 3.99. The zero-order valence-corrected chi connectivity index (χ0v) is 35.4. The third kappa shape index (κ3) is 4.64. The minimum Gasteiger partial charge on any atom is -0.308 e. The molecule has 61 heavy (non-hydrogen) atoms. The van der Waals surface area contributed by atoms with Gasteiger partial charge in [0, 0.05) is 59.9 Å². The van der Waals surface area contributed by atoms with Crippen molar-refractivity contribution in [2.45, 2.75) is 52.4 Å². The van der Waals surface area contributed by atoms with E-state index in [0.717, 1.165) is 11.4 Å². The van der Waals surface area contributed by atoms with Gasteiger partial charge in [-0.25, -0.2) is 0 Å². The van der Waals surface area contributed by atoms with Gasteiger partial charge >= 0.3 is 0 Å². The lowest BCUT2D eigenvalue weighted by atomic mass is 9.85. The van der Waals surface area contributed by atoms with Crippen LogP contribution in [0.25, 0.3) is 97.7 Å². The van der Waals surface area contributed by atoms with E-state index in [-0.39, 0.29) is 10.8 Å². The van der Waals surface area contributed by atoms with Crippen molar-refractivity contribution in [2.24, 2.45) is 0 Å². The van der Waals surface area contributed by atoms with Crippen molar-refractivity contribution in [1.29, 1.82) is 0 Å². The molecule has 4 aromatic heterocycles. The van der Waals surface area contributed by atoms with Gasteiger partial charge in [-0.15, -0.1) is 0 Å². The maximum absolute atomic E-state index is 2.63. The van der Waals surface area contributed by atoms with Crippen LogP contribution in [0.2, 0.25) is 0 Å². The number of rotatable bonds is 3. The largest absolute Gasteiger partial charge is 0.308 e. The molecule has 0 radical (unpaired) electrons. The van der Waals surface area contributed by atoms with Gasteiger partial charge in [0.1, 0.15) is 0 Å². The molecule has 0 aliphatic carbocycles. The van der Waals surface area contributed by atoms with Crippen molar-refractivity contribution in [3.63, 3.8) is 0 Å². The monoisotopic (exact) mass is 783 g/mol. The molecule has 0 saturated carbocycles. The van der Waals surface area contributed by atoms with E-state index in [4.69, 9.17) is 0 Å². The predicted octanol–water partition coefficient (Wildman–Crippen LogP) is 16.4. The SMILES string of the molecule is CC(C)(C)c1cc2c3cc4c(cc3n3c5c(N(c6ccccc6)c6ccccc6)cc6ccccc6c5c(c1)c23)c1cc(C(C)(C)C)cc2c3ccc5ccccc5c3n4c12. The van der Waals surface area contributed by atoms with Crippen LogP contribution in [0.4, 0.5) is 17.1 Å². The molecule has 0 aliphatic heterocycles. The number of benzene rings is 9. The third-order valence-corrected chi connectivity index (χ3v) is 13.8. The summed E-state index contributed by atoms with van der Waals surface area (Å²) >= 11 is 0. The summed E-state index contributed by atoms with van der Waals surface area (Å²) in [5.74, 6) is 0. The second-order valence-electron chi connectivity index (χ2n) is 19.4. The highest BCUT2D eigenvalue weighted by atomic mass is 15.2. The van der Waals surface area contributed by atoms with Gasteiger partial charge < -0.3 is 13.7 Å². The smallest absolute Gasteiger partial charge is 0.0789 e. The molecule has 4 heterocycles.